The van der Waals surface area contributed by atoms with Gasteiger partial charge >= 0.3 is 11.9 Å². The van der Waals surface area contributed by atoms with E-state index >= 15 is 0 Å². The van der Waals surface area contributed by atoms with Gasteiger partial charge in [-0.25, -0.2) is 4.79 Å². The Morgan fingerprint density at radius 1 is 0.737 bits per heavy atom. The maximum atomic E-state index is 13.1. The first kappa shape index (κ1) is 33.8. The Morgan fingerprint density at radius 3 is 1.47 bits per heavy atom. The van der Waals surface area contributed by atoms with Crippen molar-refractivity contribution in [3.63, 3.8) is 0 Å². The van der Waals surface area contributed by atoms with E-state index in [9.17, 15) is 34.2 Å². The van der Waals surface area contributed by atoms with Gasteiger partial charge < -0.3 is 59.9 Å². The summed E-state index contributed by atoms with van der Waals surface area (Å²) in [5, 5.41) is 34.6. The van der Waals surface area contributed by atoms with Crippen LogP contribution in [0.3, 0.4) is 0 Å². The number of carboxylic acids is 2. The molecule has 0 aliphatic heterocycles. The van der Waals surface area contributed by atoms with E-state index in [0.717, 1.165) is 0 Å². The van der Waals surface area contributed by atoms with Gasteiger partial charge in [-0.05, 0) is 32.6 Å². The van der Waals surface area contributed by atoms with Crippen LogP contribution in [0.4, 0.5) is 0 Å². The Bertz CT molecular complexity index is 887. The molecule has 0 saturated heterocycles. The first-order valence-electron chi connectivity index (χ1n) is 11.6. The van der Waals surface area contributed by atoms with Gasteiger partial charge in [0, 0.05) is 13.1 Å². The molecule has 216 valence electrons. The summed E-state index contributed by atoms with van der Waals surface area (Å²) < 4.78 is 0. The molecule has 0 heterocycles. The zero-order valence-corrected chi connectivity index (χ0v) is 21.0. The molecular formula is C20H38N10O8. The van der Waals surface area contributed by atoms with E-state index in [1.165, 1.54) is 6.92 Å². The summed E-state index contributed by atoms with van der Waals surface area (Å²) in [4.78, 5) is 68.2. The van der Waals surface area contributed by atoms with E-state index in [1.54, 1.807) is 0 Å². The lowest BCUT2D eigenvalue weighted by Crippen LogP contribution is -2.58. The third-order valence-corrected chi connectivity index (χ3v) is 4.97. The van der Waals surface area contributed by atoms with Crippen LogP contribution in [0.15, 0.2) is 9.98 Å². The number of aliphatic hydroxyl groups is 1. The fraction of sp³-hybridized carbons (Fsp3) is 0.650. The maximum Gasteiger partial charge on any atom is 0.326 e. The average molecular weight is 547 g/mol. The van der Waals surface area contributed by atoms with Gasteiger partial charge in [0.15, 0.2) is 11.9 Å². The van der Waals surface area contributed by atoms with Crippen LogP contribution in [0, 0.1) is 0 Å². The minimum absolute atomic E-state index is 0.0000124. The van der Waals surface area contributed by atoms with Crippen molar-refractivity contribution in [2.45, 2.75) is 69.3 Å². The normalized spacial score (nSPS) is 14.5. The standard InChI is InChI=1S/C20H38N10O8/c1-9(31)14(21)17(36)29-11(5-3-7-27-20(24)25)15(34)28-10(4-2-6-26-19(22)23)16(35)30-12(18(37)38)8-13(32)33/h9-12,14,31H,2-8,21H2,1H3,(H,28,34)(H,29,36)(H,30,35)(H,32,33)(H,37,38)(H4,22,23,26)(H4,24,25,27). The van der Waals surface area contributed by atoms with Crippen molar-refractivity contribution in [2.75, 3.05) is 13.1 Å². The summed E-state index contributed by atoms with van der Waals surface area (Å²) in [5.41, 5.74) is 26.7. The highest BCUT2D eigenvalue weighted by atomic mass is 16.4. The summed E-state index contributed by atoms with van der Waals surface area (Å²) in [7, 11) is 0. The van der Waals surface area contributed by atoms with Crippen LogP contribution >= 0.6 is 0 Å². The van der Waals surface area contributed by atoms with Gasteiger partial charge in [0.2, 0.25) is 17.7 Å². The second-order valence-corrected chi connectivity index (χ2v) is 8.28. The number of aliphatic imine (C=N–C) groups is 2. The van der Waals surface area contributed by atoms with Gasteiger partial charge in [-0.15, -0.1) is 0 Å². The third-order valence-electron chi connectivity index (χ3n) is 4.97. The molecule has 0 fully saturated rings. The van der Waals surface area contributed by atoms with Crippen LogP contribution in [0.1, 0.15) is 39.0 Å². The highest BCUT2D eigenvalue weighted by molar-refractivity contribution is 5.94. The van der Waals surface area contributed by atoms with E-state index in [2.05, 4.69) is 25.9 Å². The predicted octanol–water partition coefficient (Wildman–Crippen LogP) is -5.18. The van der Waals surface area contributed by atoms with Crippen molar-refractivity contribution >= 4 is 41.6 Å². The number of amides is 3. The predicted molar refractivity (Wildman–Crippen MR) is 135 cm³/mol. The van der Waals surface area contributed by atoms with Gasteiger partial charge in [0.05, 0.1) is 12.5 Å². The Kier molecular flexibility index (Phi) is 15.4. The van der Waals surface area contributed by atoms with E-state index in [-0.39, 0.29) is 50.7 Å². The number of guanidine groups is 2. The number of carbonyl (C=O) groups excluding carboxylic acids is 3. The topological polar surface area (TPSA) is 337 Å². The fourth-order valence-corrected chi connectivity index (χ4v) is 2.95. The monoisotopic (exact) mass is 546 g/mol. The summed E-state index contributed by atoms with van der Waals surface area (Å²) >= 11 is 0. The molecule has 0 aromatic rings. The number of rotatable bonds is 18. The first-order valence-corrected chi connectivity index (χ1v) is 11.6. The molecule has 16 N–H and O–H groups in total. The highest BCUT2D eigenvalue weighted by Gasteiger charge is 2.31. The van der Waals surface area contributed by atoms with Crippen molar-refractivity contribution in [1.29, 1.82) is 0 Å². The van der Waals surface area contributed by atoms with Crippen LogP contribution in [0.5, 0.6) is 0 Å². The first-order chi connectivity index (χ1) is 17.6. The quantitative estimate of drug-likeness (QED) is 0.0435. The number of nitrogens with zero attached hydrogens (tertiary/aromatic N) is 2. The van der Waals surface area contributed by atoms with Gasteiger partial charge in [-0.3, -0.25) is 29.2 Å². The van der Waals surface area contributed by atoms with Crippen LogP contribution < -0.4 is 44.6 Å². The zero-order valence-electron chi connectivity index (χ0n) is 21.0. The van der Waals surface area contributed by atoms with Crippen molar-refractivity contribution in [3.8, 4) is 0 Å². The molecule has 0 rings (SSSR count). The van der Waals surface area contributed by atoms with Gasteiger partial charge in [0.25, 0.3) is 0 Å². The number of nitrogens with one attached hydrogen (secondary N) is 3. The summed E-state index contributed by atoms with van der Waals surface area (Å²) in [6.07, 6.45) is -1.81. The molecule has 0 aromatic heterocycles. The van der Waals surface area contributed by atoms with E-state index < -0.39 is 66.4 Å². The minimum atomic E-state index is -1.77. The summed E-state index contributed by atoms with van der Waals surface area (Å²) in [6, 6.07) is -5.72. The van der Waals surface area contributed by atoms with Gasteiger partial charge in [-0.2, -0.15) is 0 Å². The van der Waals surface area contributed by atoms with E-state index in [1.807, 2.05) is 0 Å². The molecule has 38 heavy (non-hydrogen) atoms. The molecule has 18 heteroatoms. The molecule has 5 atom stereocenters. The number of nitrogens with two attached hydrogens (primary N) is 5. The lowest BCUT2D eigenvalue weighted by atomic mass is 10.1. The van der Waals surface area contributed by atoms with Crippen LogP contribution in [-0.4, -0.2) is 100 Å². The Morgan fingerprint density at radius 2 is 1.13 bits per heavy atom. The number of hydrogen-bond acceptors (Lipinski definition) is 9. The fourth-order valence-electron chi connectivity index (χ4n) is 2.95. The van der Waals surface area contributed by atoms with Crippen LogP contribution in [-0.2, 0) is 24.0 Å². The van der Waals surface area contributed by atoms with Crippen molar-refractivity contribution in [3.05, 3.63) is 0 Å². The largest absolute Gasteiger partial charge is 0.481 e. The van der Waals surface area contributed by atoms with Crippen molar-refractivity contribution < 1.29 is 39.3 Å². The Labute approximate surface area is 218 Å². The summed E-state index contributed by atoms with van der Waals surface area (Å²) in [5.74, 6) is -6.12. The molecule has 3 amide bonds. The second kappa shape index (κ2) is 17.3. The number of carbonyl (C=O) groups is 5. The molecule has 0 aliphatic carbocycles. The molecule has 0 radical (unpaired) electrons. The molecule has 5 unspecified atom stereocenters. The molecule has 18 nitrogen and oxygen atoms in total. The highest BCUT2D eigenvalue weighted by Crippen LogP contribution is 2.06. The number of aliphatic hydroxyl groups excluding tert-OH is 1. The Hall–Kier alpha value is -4.19. The SMILES string of the molecule is CC(O)C(N)C(=O)NC(CCCN=C(N)N)C(=O)NC(CCCN=C(N)N)C(=O)NC(CC(=O)O)C(=O)O. The minimum Gasteiger partial charge on any atom is -0.481 e. The van der Waals surface area contributed by atoms with E-state index in [4.69, 9.17) is 33.8 Å². The number of carboxylic acid groups (broad SMARTS) is 2. The van der Waals surface area contributed by atoms with Gasteiger partial charge in [0.1, 0.15) is 24.2 Å². The number of aliphatic carboxylic acids is 2. The molecule has 0 saturated carbocycles. The molecule has 0 spiro atoms. The third kappa shape index (κ3) is 14.4. The average Bonchev–Trinajstić information content (AvgIpc) is 2.80. The zero-order chi connectivity index (χ0) is 29.4. The van der Waals surface area contributed by atoms with E-state index in [0.29, 0.717) is 0 Å². The van der Waals surface area contributed by atoms with Gasteiger partial charge in [-0.1, -0.05) is 0 Å². The maximum absolute atomic E-state index is 13.1. The number of hydrogen-bond donors (Lipinski definition) is 11. The lowest BCUT2D eigenvalue weighted by Gasteiger charge is -2.25. The lowest BCUT2D eigenvalue weighted by molar-refractivity contribution is -0.147. The molecular weight excluding hydrogens is 508 g/mol. The smallest absolute Gasteiger partial charge is 0.326 e. The second-order valence-electron chi connectivity index (χ2n) is 8.28. The van der Waals surface area contributed by atoms with Crippen LogP contribution in [0.2, 0.25) is 0 Å². The van der Waals surface area contributed by atoms with Crippen molar-refractivity contribution in [2.24, 2.45) is 38.7 Å². The Balaban J connectivity index is 5.77. The molecule has 0 aromatic carbocycles. The molecule has 0 bridgehead atoms. The summed E-state index contributed by atoms with van der Waals surface area (Å²) in [6.45, 7) is 1.47. The molecule has 0 aliphatic rings. The van der Waals surface area contributed by atoms with Crippen LogP contribution in [0.25, 0.3) is 0 Å². The van der Waals surface area contributed by atoms with Crippen molar-refractivity contribution in [1.82, 2.24) is 16.0 Å².